The zero-order valence-corrected chi connectivity index (χ0v) is 14.1. The van der Waals surface area contributed by atoms with Crippen LogP contribution in [-0.4, -0.2) is 23.8 Å². The Balaban J connectivity index is 1.66. The number of aryl methyl sites for hydroxylation is 1. The van der Waals surface area contributed by atoms with Gasteiger partial charge in [-0.1, -0.05) is 36.4 Å². The molecule has 124 valence electrons. The minimum absolute atomic E-state index is 0.0986. The van der Waals surface area contributed by atoms with Crippen molar-refractivity contribution >= 4 is 17.5 Å². The summed E-state index contributed by atoms with van der Waals surface area (Å²) >= 11 is 0. The monoisotopic (exact) mass is 322 g/mol. The fourth-order valence-electron chi connectivity index (χ4n) is 3.32. The Morgan fingerprint density at radius 2 is 1.83 bits per heavy atom. The number of rotatable bonds is 4. The number of carbonyl (C=O) groups is 2. The Labute approximate surface area is 142 Å². The Hall–Kier alpha value is -2.62. The van der Waals surface area contributed by atoms with Gasteiger partial charge in [0.1, 0.15) is 0 Å². The van der Waals surface area contributed by atoms with Gasteiger partial charge in [0.25, 0.3) is 0 Å². The van der Waals surface area contributed by atoms with Crippen molar-refractivity contribution in [2.45, 2.75) is 32.2 Å². The van der Waals surface area contributed by atoms with Gasteiger partial charge in [0.05, 0.1) is 12.5 Å². The fraction of sp³-hybridized carbons (Fsp3) is 0.300. The van der Waals surface area contributed by atoms with Gasteiger partial charge in [-0.15, -0.1) is 0 Å². The number of hydrogen-bond donors (Lipinski definition) is 1. The topological polar surface area (TPSA) is 49.4 Å². The van der Waals surface area contributed by atoms with E-state index in [9.17, 15) is 9.59 Å². The molecule has 4 heteroatoms. The Bertz CT molecular complexity index is 752. The molecule has 0 heterocycles. The summed E-state index contributed by atoms with van der Waals surface area (Å²) in [5.41, 5.74) is 4.32. The molecule has 0 radical (unpaired) electrons. The minimum atomic E-state index is -0.0986. The largest absolute Gasteiger partial charge is 0.338 e. The average Bonchev–Trinajstić information content (AvgIpc) is 2.99. The third-order valence-corrected chi connectivity index (χ3v) is 4.59. The van der Waals surface area contributed by atoms with Crippen LogP contribution in [0.25, 0.3) is 0 Å². The first-order valence-corrected chi connectivity index (χ1v) is 8.24. The number of amides is 2. The van der Waals surface area contributed by atoms with E-state index < -0.39 is 0 Å². The van der Waals surface area contributed by atoms with E-state index in [-0.39, 0.29) is 17.9 Å². The molecule has 24 heavy (non-hydrogen) atoms. The third-order valence-electron chi connectivity index (χ3n) is 4.59. The van der Waals surface area contributed by atoms with E-state index in [1.807, 2.05) is 42.3 Å². The molecule has 0 bridgehead atoms. The van der Waals surface area contributed by atoms with Gasteiger partial charge < -0.3 is 10.2 Å². The molecule has 0 fully saturated rings. The van der Waals surface area contributed by atoms with Crippen LogP contribution in [0, 0.1) is 0 Å². The summed E-state index contributed by atoms with van der Waals surface area (Å²) in [6, 6.07) is 16.0. The van der Waals surface area contributed by atoms with Gasteiger partial charge in [-0.2, -0.15) is 0 Å². The molecule has 1 aliphatic carbocycles. The molecule has 1 N–H and O–H groups in total. The number of fused-ring (bicyclic) bond motifs is 1. The van der Waals surface area contributed by atoms with Crippen molar-refractivity contribution in [3.05, 3.63) is 65.2 Å². The van der Waals surface area contributed by atoms with Crippen LogP contribution in [0.1, 0.15) is 36.1 Å². The van der Waals surface area contributed by atoms with Crippen LogP contribution in [0.15, 0.2) is 48.5 Å². The van der Waals surface area contributed by atoms with Crippen molar-refractivity contribution in [2.24, 2.45) is 0 Å². The highest BCUT2D eigenvalue weighted by Gasteiger charge is 2.28. The van der Waals surface area contributed by atoms with Gasteiger partial charge in [0.2, 0.25) is 11.8 Å². The number of carbonyl (C=O) groups excluding carboxylic acids is 2. The maximum absolute atomic E-state index is 12.6. The van der Waals surface area contributed by atoms with Gasteiger partial charge in [-0.25, -0.2) is 0 Å². The lowest BCUT2D eigenvalue weighted by molar-refractivity contribution is -0.131. The van der Waals surface area contributed by atoms with Crippen LogP contribution >= 0.6 is 0 Å². The summed E-state index contributed by atoms with van der Waals surface area (Å²) < 4.78 is 0. The summed E-state index contributed by atoms with van der Waals surface area (Å²) in [7, 11) is 1.89. The predicted octanol–water partition coefficient (Wildman–Crippen LogP) is 3.33. The summed E-state index contributed by atoms with van der Waals surface area (Å²) in [4.78, 5) is 25.5. The number of nitrogens with one attached hydrogen (secondary N) is 1. The number of nitrogens with zero attached hydrogens (tertiary/aromatic N) is 1. The predicted molar refractivity (Wildman–Crippen MR) is 94.7 cm³/mol. The first-order chi connectivity index (χ1) is 11.5. The van der Waals surface area contributed by atoms with E-state index in [4.69, 9.17) is 0 Å². The first-order valence-electron chi connectivity index (χ1n) is 8.24. The normalized spacial score (nSPS) is 15.7. The second kappa shape index (κ2) is 6.87. The number of benzene rings is 2. The van der Waals surface area contributed by atoms with Crippen LogP contribution in [-0.2, 0) is 22.4 Å². The van der Waals surface area contributed by atoms with Crippen molar-refractivity contribution in [3.63, 3.8) is 0 Å². The Morgan fingerprint density at radius 1 is 1.12 bits per heavy atom. The Morgan fingerprint density at radius 3 is 2.54 bits per heavy atom. The van der Waals surface area contributed by atoms with Crippen LogP contribution in [0.3, 0.4) is 0 Å². The third kappa shape index (κ3) is 3.48. The zero-order chi connectivity index (χ0) is 17.1. The average molecular weight is 322 g/mol. The molecule has 0 spiro atoms. The quantitative estimate of drug-likeness (QED) is 0.938. The van der Waals surface area contributed by atoms with E-state index >= 15 is 0 Å². The summed E-state index contributed by atoms with van der Waals surface area (Å²) in [5, 5.41) is 2.73. The standard InChI is InChI=1S/C20H22N2O2/c1-14(23)21-17-10-7-15(8-11-17)13-20(24)22(2)19-12-9-16-5-3-4-6-18(16)19/h3-8,10-11,19H,9,12-13H2,1-2H3,(H,21,23)/t19-/m1/s1. The molecule has 1 aliphatic rings. The molecule has 3 rings (SSSR count). The van der Waals surface area contributed by atoms with E-state index in [0.717, 1.165) is 24.1 Å². The highest BCUT2D eigenvalue weighted by Crippen LogP contribution is 2.35. The molecule has 0 aromatic heterocycles. The van der Waals surface area contributed by atoms with Gasteiger partial charge in [0.15, 0.2) is 0 Å². The molecular weight excluding hydrogens is 300 g/mol. The molecule has 0 saturated heterocycles. The lowest BCUT2D eigenvalue weighted by Crippen LogP contribution is -2.31. The molecule has 2 amide bonds. The van der Waals surface area contributed by atoms with Crippen LogP contribution in [0.4, 0.5) is 5.69 Å². The van der Waals surface area contributed by atoms with Crippen molar-refractivity contribution in [1.82, 2.24) is 4.90 Å². The van der Waals surface area contributed by atoms with Gasteiger partial charge >= 0.3 is 0 Å². The van der Waals surface area contributed by atoms with Gasteiger partial charge in [0, 0.05) is 19.7 Å². The second-order valence-corrected chi connectivity index (χ2v) is 6.31. The van der Waals surface area contributed by atoms with Crippen molar-refractivity contribution < 1.29 is 9.59 Å². The minimum Gasteiger partial charge on any atom is -0.338 e. The van der Waals surface area contributed by atoms with Gasteiger partial charge in [-0.3, -0.25) is 9.59 Å². The smallest absolute Gasteiger partial charge is 0.227 e. The molecular formula is C20H22N2O2. The molecule has 2 aromatic rings. The second-order valence-electron chi connectivity index (χ2n) is 6.31. The van der Waals surface area contributed by atoms with Crippen molar-refractivity contribution in [3.8, 4) is 0 Å². The molecule has 0 aliphatic heterocycles. The van der Waals surface area contributed by atoms with Crippen LogP contribution in [0.2, 0.25) is 0 Å². The van der Waals surface area contributed by atoms with Crippen molar-refractivity contribution in [1.29, 1.82) is 0 Å². The number of anilines is 1. The summed E-state index contributed by atoms with van der Waals surface area (Å²) in [5.74, 6) is 0.0161. The molecule has 1 atom stereocenters. The zero-order valence-electron chi connectivity index (χ0n) is 14.1. The van der Waals surface area contributed by atoms with Crippen LogP contribution in [0.5, 0.6) is 0 Å². The van der Waals surface area contributed by atoms with Crippen LogP contribution < -0.4 is 5.32 Å². The van der Waals surface area contributed by atoms with Crippen molar-refractivity contribution in [2.75, 3.05) is 12.4 Å². The summed E-state index contributed by atoms with van der Waals surface area (Å²) in [6.07, 6.45) is 2.39. The highest BCUT2D eigenvalue weighted by atomic mass is 16.2. The van der Waals surface area contributed by atoms with E-state index in [0.29, 0.717) is 6.42 Å². The SMILES string of the molecule is CC(=O)Nc1ccc(CC(=O)N(C)[C@@H]2CCc3ccccc32)cc1. The highest BCUT2D eigenvalue weighted by molar-refractivity contribution is 5.88. The fourth-order valence-corrected chi connectivity index (χ4v) is 3.32. The number of likely N-dealkylation sites (N-methyl/N-ethyl adjacent to an activating group) is 1. The maximum Gasteiger partial charge on any atom is 0.227 e. The van der Waals surface area contributed by atoms with E-state index in [2.05, 4.69) is 23.5 Å². The first kappa shape index (κ1) is 16.2. The van der Waals surface area contributed by atoms with Gasteiger partial charge in [-0.05, 0) is 41.7 Å². The molecule has 0 unspecified atom stereocenters. The Kier molecular flexibility index (Phi) is 4.65. The maximum atomic E-state index is 12.6. The molecule has 4 nitrogen and oxygen atoms in total. The molecule has 0 saturated carbocycles. The van der Waals surface area contributed by atoms with E-state index in [1.165, 1.54) is 18.1 Å². The lowest BCUT2D eigenvalue weighted by atomic mass is 10.1. The number of hydrogen-bond acceptors (Lipinski definition) is 2. The molecule has 2 aromatic carbocycles. The lowest BCUT2D eigenvalue weighted by Gasteiger charge is -2.25. The summed E-state index contributed by atoms with van der Waals surface area (Å²) in [6.45, 7) is 1.48. The van der Waals surface area contributed by atoms with E-state index in [1.54, 1.807) is 0 Å².